The zero-order chi connectivity index (χ0) is 14.7. The monoisotopic (exact) mass is 286 g/mol. The Kier molecular flexibility index (Phi) is 4.47. The predicted octanol–water partition coefficient (Wildman–Crippen LogP) is 3.84. The van der Waals surface area contributed by atoms with Crippen LogP contribution in [0.4, 0.5) is 5.69 Å². The smallest absolute Gasteiger partial charge is 0.253 e. The molecule has 3 heteroatoms. The summed E-state index contributed by atoms with van der Waals surface area (Å²) in [6, 6.07) is 6.57. The van der Waals surface area contributed by atoms with E-state index < -0.39 is 0 Å². The molecule has 0 spiro atoms. The number of amides is 1. The van der Waals surface area contributed by atoms with Crippen molar-refractivity contribution >= 4 is 11.6 Å². The van der Waals surface area contributed by atoms with Crippen LogP contribution in [0.2, 0.25) is 0 Å². The Morgan fingerprint density at radius 3 is 2.67 bits per heavy atom. The largest absolute Gasteiger partial charge is 0.385 e. The zero-order valence-corrected chi connectivity index (χ0v) is 13.0. The lowest BCUT2D eigenvalue weighted by molar-refractivity contribution is 0.0717. The van der Waals surface area contributed by atoms with Gasteiger partial charge in [0, 0.05) is 30.9 Å². The topological polar surface area (TPSA) is 32.3 Å². The van der Waals surface area contributed by atoms with Gasteiger partial charge < -0.3 is 10.2 Å². The maximum atomic E-state index is 12.7. The number of aryl methyl sites for hydroxylation is 1. The van der Waals surface area contributed by atoms with Crippen LogP contribution >= 0.6 is 0 Å². The Balaban J connectivity index is 1.74. The van der Waals surface area contributed by atoms with Gasteiger partial charge in [-0.3, -0.25) is 4.79 Å². The van der Waals surface area contributed by atoms with E-state index in [0.717, 1.165) is 37.8 Å². The van der Waals surface area contributed by atoms with E-state index in [-0.39, 0.29) is 5.91 Å². The van der Waals surface area contributed by atoms with E-state index in [1.807, 2.05) is 18.0 Å². The fourth-order valence-corrected chi connectivity index (χ4v) is 3.62. The highest BCUT2D eigenvalue weighted by atomic mass is 16.2. The molecule has 0 bridgehead atoms. The summed E-state index contributed by atoms with van der Waals surface area (Å²) in [6.45, 7) is 1.04. The molecular formula is C18H26N2O. The van der Waals surface area contributed by atoms with Gasteiger partial charge in [0.2, 0.25) is 0 Å². The van der Waals surface area contributed by atoms with Gasteiger partial charge in [0.15, 0.2) is 0 Å². The van der Waals surface area contributed by atoms with Crippen molar-refractivity contribution in [2.45, 2.75) is 57.4 Å². The van der Waals surface area contributed by atoms with Gasteiger partial charge >= 0.3 is 0 Å². The number of nitrogens with zero attached hydrogens (tertiary/aromatic N) is 1. The molecule has 0 saturated heterocycles. The van der Waals surface area contributed by atoms with Crippen LogP contribution < -0.4 is 5.32 Å². The Hall–Kier alpha value is -1.51. The molecule has 1 fully saturated rings. The highest BCUT2D eigenvalue weighted by molar-refractivity contribution is 5.95. The molecule has 2 aliphatic rings. The number of rotatable bonds is 2. The molecule has 21 heavy (non-hydrogen) atoms. The number of nitrogens with one attached hydrogen (secondary N) is 1. The maximum Gasteiger partial charge on any atom is 0.253 e. The van der Waals surface area contributed by atoms with E-state index in [0.29, 0.717) is 6.04 Å². The molecule has 1 aliphatic heterocycles. The SMILES string of the molecule is CN(C(=O)c1ccc2c(c1)CCCN2)C1CCCCCC1. The average molecular weight is 286 g/mol. The normalized spacial score (nSPS) is 19.3. The molecule has 1 saturated carbocycles. The minimum Gasteiger partial charge on any atom is -0.385 e. The third-order valence-electron chi connectivity index (χ3n) is 4.98. The fraction of sp³-hybridized carbons (Fsp3) is 0.611. The van der Waals surface area contributed by atoms with Crippen LogP contribution in [0, 0.1) is 0 Å². The average Bonchev–Trinajstić information content (AvgIpc) is 2.82. The molecule has 0 aromatic heterocycles. The van der Waals surface area contributed by atoms with Gasteiger partial charge in [-0.1, -0.05) is 25.7 Å². The summed E-state index contributed by atoms with van der Waals surface area (Å²) in [5.74, 6) is 0.190. The molecule has 1 heterocycles. The summed E-state index contributed by atoms with van der Waals surface area (Å²) < 4.78 is 0. The van der Waals surface area contributed by atoms with Crippen molar-refractivity contribution in [3.8, 4) is 0 Å². The van der Waals surface area contributed by atoms with Crippen LogP contribution in [0.25, 0.3) is 0 Å². The number of benzene rings is 1. The fourth-order valence-electron chi connectivity index (χ4n) is 3.62. The van der Waals surface area contributed by atoms with E-state index in [1.54, 1.807) is 0 Å². The molecule has 114 valence electrons. The van der Waals surface area contributed by atoms with Crippen molar-refractivity contribution in [2.75, 3.05) is 18.9 Å². The predicted molar refractivity (Wildman–Crippen MR) is 86.8 cm³/mol. The first-order valence-electron chi connectivity index (χ1n) is 8.39. The van der Waals surface area contributed by atoms with Crippen LogP contribution in [-0.2, 0) is 6.42 Å². The Morgan fingerprint density at radius 1 is 1.14 bits per heavy atom. The van der Waals surface area contributed by atoms with Crippen LogP contribution in [-0.4, -0.2) is 30.4 Å². The van der Waals surface area contributed by atoms with Crippen LogP contribution in [0.5, 0.6) is 0 Å². The van der Waals surface area contributed by atoms with E-state index in [9.17, 15) is 4.79 Å². The summed E-state index contributed by atoms with van der Waals surface area (Å²) in [5, 5.41) is 3.40. The van der Waals surface area contributed by atoms with Gasteiger partial charge in [0.1, 0.15) is 0 Å². The summed E-state index contributed by atoms with van der Waals surface area (Å²) in [7, 11) is 1.98. The van der Waals surface area contributed by atoms with Crippen LogP contribution in [0.3, 0.4) is 0 Å². The zero-order valence-electron chi connectivity index (χ0n) is 13.0. The summed E-state index contributed by atoms with van der Waals surface area (Å²) >= 11 is 0. The number of anilines is 1. The molecule has 3 nitrogen and oxygen atoms in total. The van der Waals surface area contributed by atoms with Crippen molar-refractivity contribution in [1.29, 1.82) is 0 Å². The minimum atomic E-state index is 0.190. The van der Waals surface area contributed by atoms with Gasteiger partial charge in [-0.2, -0.15) is 0 Å². The van der Waals surface area contributed by atoms with E-state index in [4.69, 9.17) is 0 Å². The minimum absolute atomic E-state index is 0.190. The van der Waals surface area contributed by atoms with Crippen molar-refractivity contribution in [3.05, 3.63) is 29.3 Å². The number of hydrogen-bond acceptors (Lipinski definition) is 2. The van der Waals surface area contributed by atoms with Crippen molar-refractivity contribution < 1.29 is 4.79 Å². The molecule has 1 aliphatic carbocycles. The lowest BCUT2D eigenvalue weighted by atomic mass is 9.99. The molecular weight excluding hydrogens is 260 g/mol. The third kappa shape index (κ3) is 3.22. The molecule has 0 atom stereocenters. The summed E-state index contributed by atoms with van der Waals surface area (Å²) in [6.07, 6.45) is 9.72. The van der Waals surface area contributed by atoms with Crippen molar-refractivity contribution in [1.82, 2.24) is 4.90 Å². The van der Waals surface area contributed by atoms with Crippen molar-refractivity contribution in [3.63, 3.8) is 0 Å². The van der Waals surface area contributed by atoms with Gasteiger partial charge in [-0.05, 0) is 49.4 Å². The number of fused-ring (bicyclic) bond motifs is 1. The number of hydrogen-bond donors (Lipinski definition) is 1. The highest BCUT2D eigenvalue weighted by Crippen LogP contribution is 2.25. The third-order valence-corrected chi connectivity index (χ3v) is 4.98. The summed E-state index contributed by atoms with van der Waals surface area (Å²) in [4.78, 5) is 14.7. The van der Waals surface area contributed by atoms with Gasteiger partial charge in [-0.15, -0.1) is 0 Å². The van der Waals surface area contributed by atoms with Gasteiger partial charge in [0.05, 0.1) is 0 Å². The first-order chi connectivity index (χ1) is 10.3. The van der Waals surface area contributed by atoms with E-state index in [2.05, 4.69) is 17.4 Å². The molecule has 0 unspecified atom stereocenters. The number of carbonyl (C=O) groups is 1. The lowest BCUT2D eigenvalue weighted by Gasteiger charge is -2.28. The lowest BCUT2D eigenvalue weighted by Crippen LogP contribution is -2.36. The molecule has 1 aromatic rings. The van der Waals surface area contributed by atoms with Crippen LogP contribution in [0.15, 0.2) is 18.2 Å². The molecule has 0 radical (unpaired) electrons. The van der Waals surface area contributed by atoms with Crippen molar-refractivity contribution in [2.24, 2.45) is 0 Å². The molecule has 1 aromatic carbocycles. The van der Waals surface area contributed by atoms with Crippen LogP contribution in [0.1, 0.15) is 60.9 Å². The standard InChI is InChI=1S/C18H26N2O/c1-20(16-8-4-2-3-5-9-16)18(21)15-10-11-17-14(13-15)7-6-12-19-17/h10-11,13,16,19H,2-9,12H2,1H3. The molecule has 1 N–H and O–H groups in total. The first kappa shape index (κ1) is 14.4. The summed E-state index contributed by atoms with van der Waals surface area (Å²) in [5.41, 5.74) is 3.35. The second kappa shape index (κ2) is 6.50. The van der Waals surface area contributed by atoms with Gasteiger partial charge in [-0.25, -0.2) is 0 Å². The van der Waals surface area contributed by atoms with E-state index in [1.165, 1.54) is 36.9 Å². The molecule has 3 rings (SSSR count). The molecule has 1 amide bonds. The Labute approximate surface area is 127 Å². The number of carbonyl (C=O) groups excluding carboxylic acids is 1. The maximum absolute atomic E-state index is 12.7. The van der Waals surface area contributed by atoms with E-state index >= 15 is 0 Å². The second-order valence-corrected chi connectivity index (χ2v) is 6.46. The Bertz CT molecular complexity index is 504. The van der Waals surface area contributed by atoms with Gasteiger partial charge in [0.25, 0.3) is 5.91 Å². The quantitative estimate of drug-likeness (QED) is 0.838. The first-order valence-corrected chi connectivity index (χ1v) is 8.39. The Morgan fingerprint density at radius 2 is 1.90 bits per heavy atom. The highest BCUT2D eigenvalue weighted by Gasteiger charge is 2.23. The second-order valence-electron chi connectivity index (χ2n) is 6.46.